The molecule has 0 N–H and O–H groups in total. The zero-order valence-corrected chi connectivity index (χ0v) is 12.5. The minimum absolute atomic E-state index is 0.184. The summed E-state index contributed by atoms with van der Waals surface area (Å²) in [4.78, 5) is 13.7. The van der Waals surface area contributed by atoms with Gasteiger partial charge < -0.3 is 9.80 Å². The van der Waals surface area contributed by atoms with Gasteiger partial charge in [-0.25, -0.2) is 14.4 Å². The number of anilines is 2. The Morgan fingerprint density at radius 2 is 1.59 bits per heavy atom. The summed E-state index contributed by atoms with van der Waals surface area (Å²) < 4.78 is 13.0. The topological polar surface area (TPSA) is 32.3 Å². The van der Waals surface area contributed by atoms with E-state index in [1.807, 2.05) is 24.4 Å². The largest absolute Gasteiger partial charge is 0.368 e. The summed E-state index contributed by atoms with van der Waals surface area (Å²) in [5, 5.41) is 0. The molecule has 2 heterocycles. The summed E-state index contributed by atoms with van der Waals surface area (Å²) in [7, 11) is 0. The predicted octanol–water partition coefficient (Wildman–Crippen LogP) is 2.82. The third-order valence-electron chi connectivity index (χ3n) is 4.40. The van der Waals surface area contributed by atoms with E-state index in [2.05, 4.69) is 14.8 Å². The van der Waals surface area contributed by atoms with Gasteiger partial charge in [0.2, 0.25) is 0 Å². The average molecular weight is 298 g/mol. The molecule has 114 valence electrons. The summed E-state index contributed by atoms with van der Waals surface area (Å²) in [5.41, 5.74) is 1.09. The van der Waals surface area contributed by atoms with E-state index in [0.29, 0.717) is 5.92 Å². The first-order valence-corrected chi connectivity index (χ1v) is 7.88. The van der Waals surface area contributed by atoms with Crippen molar-refractivity contribution in [1.82, 2.24) is 9.97 Å². The molecule has 1 aliphatic carbocycles. The highest BCUT2D eigenvalue weighted by Crippen LogP contribution is 2.38. The van der Waals surface area contributed by atoms with Gasteiger partial charge in [-0.3, -0.25) is 0 Å². The molecule has 4 rings (SSSR count). The Bertz CT molecular complexity index is 646. The normalized spacial score (nSPS) is 18.6. The Kier molecular flexibility index (Phi) is 3.41. The molecule has 1 aliphatic heterocycles. The van der Waals surface area contributed by atoms with Crippen LogP contribution in [0.15, 0.2) is 36.5 Å². The van der Waals surface area contributed by atoms with Crippen LogP contribution in [0, 0.1) is 5.82 Å². The van der Waals surface area contributed by atoms with Gasteiger partial charge in [0.05, 0.1) is 0 Å². The van der Waals surface area contributed by atoms with Gasteiger partial charge >= 0.3 is 0 Å². The van der Waals surface area contributed by atoms with E-state index in [1.54, 1.807) is 0 Å². The van der Waals surface area contributed by atoms with Gasteiger partial charge in [-0.05, 0) is 43.2 Å². The third kappa shape index (κ3) is 2.75. The molecule has 4 nitrogen and oxygen atoms in total. The molecule has 1 saturated carbocycles. The van der Waals surface area contributed by atoms with Gasteiger partial charge in [-0.1, -0.05) is 0 Å². The first-order chi connectivity index (χ1) is 10.8. The van der Waals surface area contributed by atoms with Crippen LogP contribution in [0.3, 0.4) is 0 Å². The molecular weight excluding hydrogens is 279 g/mol. The summed E-state index contributed by atoms with van der Waals surface area (Å²) in [6.45, 7) is 3.71. The molecule has 0 bridgehead atoms. The van der Waals surface area contributed by atoms with Gasteiger partial charge in [-0.15, -0.1) is 0 Å². The van der Waals surface area contributed by atoms with Crippen molar-refractivity contribution in [2.75, 3.05) is 36.0 Å². The van der Waals surface area contributed by atoms with Crippen molar-refractivity contribution >= 4 is 11.5 Å². The standard InChI is InChI=1S/C17H19FN4/c18-14-3-5-15(6-4-14)21-9-11-22(12-10-21)16-7-8-19-17(20-16)13-1-2-13/h3-8,13H,1-2,9-12H2. The van der Waals surface area contributed by atoms with Crippen molar-refractivity contribution < 1.29 is 4.39 Å². The molecule has 2 aliphatic rings. The molecule has 0 amide bonds. The van der Waals surface area contributed by atoms with E-state index < -0.39 is 0 Å². The first kappa shape index (κ1) is 13.5. The number of hydrogen-bond donors (Lipinski definition) is 0. The molecule has 1 aromatic heterocycles. The summed E-state index contributed by atoms with van der Waals surface area (Å²) in [6, 6.07) is 8.74. The van der Waals surface area contributed by atoms with E-state index in [9.17, 15) is 4.39 Å². The lowest BCUT2D eigenvalue weighted by Gasteiger charge is -2.36. The number of benzene rings is 1. The number of nitrogens with zero attached hydrogens (tertiary/aromatic N) is 4. The monoisotopic (exact) mass is 298 g/mol. The van der Waals surface area contributed by atoms with Gasteiger partial charge in [-0.2, -0.15) is 0 Å². The summed E-state index contributed by atoms with van der Waals surface area (Å²) in [6.07, 6.45) is 4.33. The molecule has 0 radical (unpaired) electrons. The van der Waals surface area contributed by atoms with Crippen molar-refractivity contribution in [3.05, 3.63) is 48.2 Å². The number of piperazine rings is 1. The Balaban J connectivity index is 1.43. The smallest absolute Gasteiger partial charge is 0.133 e. The zero-order chi connectivity index (χ0) is 14.9. The van der Waals surface area contributed by atoms with E-state index in [1.165, 1.54) is 25.0 Å². The van der Waals surface area contributed by atoms with Crippen molar-refractivity contribution in [1.29, 1.82) is 0 Å². The fourth-order valence-electron chi connectivity index (χ4n) is 2.92. The van der Waals surface area contributed by atoms with Crippen LogP contribution in [0.5, 0.6) is 0 Å². The van der Waals surface area contributed by atoms with Gasteiger partial charge in [0.1, 0.15) is 17.5 Å². The number of halogens is 1. The van der Waals surface area contributed by atoms with Crippen molar-refractivity contribution in [2.45, 2.75) is 18.8 Å². The second kappa shape index (κ2) is 5.55. The average Bonchev–Trinajstić information content (AvgIpc) is 3.41. The molecule has 0 atom stereocenters. The zero-order valence-electron chi connectivity index (χ0n) is 12.5. The Labute approximate surface area is 129 Å². The van der Waals surface area contributed by atoms with Crippen molar-refractivity contribution in [3.63, 3.8) is 0 Å². The SMILES string of the molecule is Fc1ccc(N2CCN(c3ccnc(C4CC4)n3)CC2)cc1. The molecule has 2 aromatic rings. The molecular formula is C17H19FN4. The lowest BCUT2D eigenvalue weighted by atomic mass is 10.2. The maximum Gasteiger partial charge on any atom is 0.133 e. The van der Waals surface area contributed by atoms with Crippen LogP contribution in [-0.2, 0) is 0 Å². The Morgan fingerprint density at radius 1 is 0.909 bits per heavy atom. The lowest BCUT2D eigenvalue weighted by molar-refractivity contribution is 0.624. The molecule has 1 aromatic carbocycles. The van der Waals surface area contributed by atoms with Crippen LogP contribution in [-0.4, -0.2) is 36.1 Å². The third-order valence-corrected chi connectivity index (χ3v) is 4.40. The van der Waals surface area contributed by atoms with Crippen LogP contribution >= 0.6 is 0 Å². The molecule has 5 heteroatoms. The number of aromatic nitrogens is 2. The molecule has 2 fully saturated rings. The Hall–Kier alpha value is -2.17. The van der Waals surface area contributed by atoms with Gasteiger partial charge in [0.15, 0.2) is 0 Å². The van der Waals surface area contributed by atoms with Crippen LogP contribution in [0.25, 0.3) is 0 Å². The number of hydrogen-bond acceptors (Lipinski definition) is 4. The molecule has 0 unspecified atom stereocenters. The van der Waals surface area contributed by atoms with E-state index in [0.717, 1.165) is 43.5 Å². The maximum atomic E-state index is 13.0. The lowest BCUT2D eigenvalue weighted by Crippen LogP contribution is -2.46. The van der Waals surface area contributed by atoms with Crippen LogP contribution < -0.4 is 9.80 Å². The van der Waals surface area contributed by atoms with E-state index in [4.69, 9.17) is 4.98 Å². The quantitative estimate of drug-likeness (QED) is 0.872. The van der Waals surface area contributed by atoms with E-state index in [-0.39, 0.29) is 5.82 Å². The molecule has 0 spiro atoms. The minimum Gasteiger partial charge on any atom is -0.368 e. The molecule has 22 heavy (non-hydrogen) atoms. The van der Waals surface area contributed by atoms with Crippen LogP contribution in [0.2, 0.25) is 0 Å². The fraction of sp³-hybridized carbons (Fsp3) is 0.412. The summed E-state index contributed by atoms with van der Waals surface area (Å²) in [5.74, 6) is 2.44. The van der Waals surface area contributed by atoms with E-state index >= 15 is 0 Å². The maximum absolute atomic E-state index is 13.0. The predicted molar refractivity (Wildman–Crippen MR) is 84.8 cm³/mol. The second-order valence-electron chi connectivity index (χ2n) is 6.00. The first-order valence-electron chi connectivity index (χ1n) is 7.88. The van der Waals surface area contributed by atoms with Crippen molar-refractivity contribution in [2.24, 2.45) is 0 Å². The minimum atomic E-state index is -0.184. The highest BCUT2D eigenvalue weighted by Gasteiger charge is 2.27. The van der Waals surface area contributed by atoms with Gasteiger partial charge in [0, 0.05) is 44.0 Å². The molecule has 1 saturated heterocycles. The van der Waals surface area contributed by atoms with Gasteiger partial charge in [0.25, 0.3) is 0 Å². The second-order valence-corrected chi connectivity index (χ2v) is 6.00. The Morgan fingerprint density at radius 3 is 2.27 bits per heavy atom. The van der Waals surface area contributed by atoms with Crippen LogP contribution in [0.4, 0.5) is 15.9 Å². The van der Waals surface area contributed by atoms with Crippen molar-refractivity contribution in [3.8, 4) is 0 Å². The highest BCUT2D eigenvalue weighted by atomic mass is 19.1. The number of rotatable bonds is 3. The summed E-state index contributed by atoms with van der Waals surface area (Å²) >= 11 is 0. The fourth-order valence-corrected chi connectivity index (χ4v) is 2.92. The van der Waals surface area contributed by atoms with Crippen LogP contribution in [0.1, 0.15) is 24.6 Å². The highest BCUT2D eigenvalue weighted by molar-refractivity contribution is 5.49.